The molecular weight excluding hydrogens is 254 g/mol. The zero-order valence-electron chi connectivity index (χ0n) is 13.0. The van der Waals surface area contributed by atoms with Crippen LogP contribution in [0, 0.1) is 5.92 Å². The molecule has 1 amide bonds. The first-order chi connectivity index (χ1) is 8.51. The maximum atomic E-state index is 11.8. The van der Waals surface area contributed by atoms with Crippen molar-refractivity contribution in [2.24, 2.45) is 5.92 Å². The molecule has 19 heavy (non-hydrogen) atoms. The average Bonchev–Trinajstić information content (AvgIpc) is 2.22. The molecule has 0 spiro atoms. The average molecular weight is 281 g/mol. The molecule has 1 rings (SSSR count). The molecule has 1 N–H and O–H groups in total. The topological polar surface area (TPSA) is 38.3 Å². The van der Waals surface area contributed by atoms with Crippen LogP contribution in [0.15, 0.2) is 24.8 Å². The van der Waals surface area contributed by atoms with Gasteiger partial charge in [0, 0.05) is 0 Å². The number of amides is 1. The number of β-lactam (4-membered cyclic amide) rings is 1. The van der Waals surface area contributed by atoms with Gasteiger partial charge in [0.25, 0.3) is 0 Å². The SMILES string of the molecule is C=CC(=C)[C@H]1NC(=O)[C@@H]1[C@@H](C)O[Si](C)(C)C(C)(C)C. The van der Waals surface area contributed by atoms with E-state index in [1.165, 1.54) is 0 Å². The van der Waals surface area contributed by atoms with Crippen molar-refractivity contribution in [2.75, 3.05) is 0 Å². The van der Waals surface area contributed by atoms with Crippen LogP contribution in [-0.2, 0) is 9.22 Å². The van der Waals surface area contributed by atoms with Gasteiger partial charge < -0.3 is 9.74 Å². The first-order valence-corrected chi connectivity index (χ1v) is 9.71. The van der Waals surface area contributed by atoms with E-state index in [4.69, 9.17) is 4.43 Å². The number of hydrogen-bond donors (Lipinski definition) is 1. The third-order valence-corrected chi connectivity index (χ3v) is 8.99. The van der Waals surface area contributed by atoms with Crippen LogP contribution >= 0.6 is 0 Å². The van der Waals surface area contributed by atoms with Gasteiger partial charge in [0.15, 0.2) is 8.32 Å². The van der Waals surface area contributed by atoms with Gasteiger partial charge >= 0.3 is 0 Å². The second-order valence-electron chi connectivity index (χ2n) is 6.87. The quantitative estimate of drug-likeness (QED) is 0.477. The summed E-state index contributed by atoms with van der Waals surface area (Å²) in [6.07, 6.45) is 1.62. The molecule has 0 radical (unpaired) electrons. The molecule has 3 nitrogen and oxygen atoms in total. The molecule has 0 aromatic carbocycles. The Morgan fingerprint density at radius 2 is 2.00 bits per heavy atom. The van der Waals surface area contributed by atoms with Crippen molar-refractivity contribution in [3.63, 3.8) is 0 Å². The van der Waals surface area contributed by atoms with Gasteiger partial charge in [-0.05, 0) is 30.6 Å². The van der Waals surface area contributed by atoms with E-state index >= 15 is 0 Å². The zero-order valence-corrected chi connectivity index (χ0v) is 14.0. The second-order valence-corrected chi connectivity index (χ2v) is 11.6. The van der Waals surface area contributed by atoms with E-state index in [0.29, 0.717) is 0 Å². The highest BCUT2D eigenvalue weighted by Crippen LogP contribution is 2.39. The Bertz CT molecular complexity index is 395. The number of hydrogen-bond acceptors (Lipinski definition) is 2. The standard InChI is InChI=1S/C15H27NO2Si/c1-9-10(2)13-12(14(17)16-13)11(3)18-19(7,8)15(4,5)6/h9,11-13H,1-2H2,3-8H3,(H,16,17)/t11-,12-,13-/m1/s1. The van der Waals surface area contributed by atoms with Crippen molar-refractivity contribution in [1.29, 1.82) is 0 Å². The van der Waals surface area contributed by atoms with E-state index in [1.807, 2.05) is 6.92 Å². The molecule has 0 unspecified atom stereocenters. The number of carbonyl (C=O) groups excluding carboxylic acids is 1. The molecule has 1 fully saturated rings. The molecule has 1 heterocycles. The predicted molar refractivity (Wildman–Crippen MR) is 82.5 cm³/mol. The van der Waals surface area contributed by atoms with E-state index in [-0.39, 0.29) is 29.0 Å². The fourth-order valence-corrected chi connectivity index (χ4v) is 3.47. The van der Waals surface area contributed by atoms with Crippen molar-refractivity contribution in [2.45, 2.75) is 58.0 Å². The van der Waals surface area contributed by atoms with E-state index in [1.54, 1.807) is 6.08 Å². The smallest absolute Gasteiger partial charge is 0.228 e. The summed E-state index contributed by atoms with van der Waals surface area (Å²) in [5.74, 6) is -0.0844. The van der Waals surface area contributed by atoms with Crippen LogP contribution in [0.5, 0.6) is 0 Å². The van der Waals surface area contributed by atoms with Crippen molar-refractivity contribution in [3.8, 4) is 0 Å². The minimum Gasteiger partial charge on any atom is -0.413 e. The van der Waals surface area contributed by atoms with Gasteiger partial charge in [0.05, 0.1) is 18.1 Å². The maximum Gasteiger partial charge on any atom is 0.228 e. The van der Waals surface area contributed by atoms with E-state index in [2.05, 4.69) is 52.3 Å². The number of nitrogens with one attached hydrogen (secondary N) is 1. The van der Waals surface area contributed by atoms with E-state index in [9.17, 15) is 4.79 Å². The molecule has 108 valence electrons. The van der Waals surface area contributed by atoms with Crippen LogP contribution in [-0.4, -0.2) is 26.4 Å². The monoisotopic (exact) mass is 281 g/mol. The lowest BCUT2D eigenvalue weighted by molar-refractivity contribution is -0.138. The molecule has 0 aliphatic carbocycles. The fourth-order valence-electron chi connectivity index (χ4n) is 2.04. The second kappa shape index (κ2) is 5.25. The lowest BCUT2D eigenvalue weighted by atomic mass is 9.82. The summed E-state index contributed by atoms with van der Waals surface area (Å²) in [4.78, 5) is 11.8. The summed E-state index contributed by atoms with van der Waals surface area (Å²) in [5, 5.41) is 3.02. The predicted octanol–water partition coefficient (Wildman–Crippen LogP) is 3.25. The first-order valence-electron chi connectivity index (χ1n) is 6.80. The molecular formula is C15H27NO2Si. The van der Waals surface area contributed by atoms with Crippen molar-refractivity contribution < 1.29 is 9.22 Å². The zero-order chi connectivity index (χ0) is 15.0. The summed E-state index contributed by atoms with van der Waals surface area (Å²) >= 11 is 0. The molecule has 1 saturated heterocycles. The van der Waals surface area contributed by atoms with Gasteiger partial charge in [-0.25, -0.2) is 0 Å². The highest BCUT2D eigenvalue weighted by atomic mass is 28.4. The normalized spacial score (nSPS) is 25.3. The van der Waals surface area contributed by atoms with Gasteiger partial charge in [-0.3, -0.25) is 4.79 Å². The summed E-state index contributed by atoms with van der Waals surface area (Å²) in [5.41, 5.74) is 0.857. The van der Waals surface area contributed by atoms with Crippen LogP contribution in [0.2, 0.25) is 18.1 Å². The summed E-state index contributed by atoms with van der Waals surface area (Å²) in [6.45, 7) is 20.7. The van der Waals surface area contributed by atoms with Crippen LogP contribution in [0.4, 0.5) is 0 Å². The van der Waals surface area contributed by atoms with Crippen molar-refractivity contribution >= 4 is 14.2 Å². The molecule has 0 aromatic rings. The minimum absolute atomic E-state index is 0.0234. The molecule has 1 aliphatic rings. The number of rotatable bonds is 5. The third kappa shape index (κ3) is 3.18. The van der Waals surface area contributed by atoms with Gasteiger partial charge in [-0.1, -0.05) is 40.0 Å². The van der Waals surface area contributed by atoms with Crippen LogP contribution in [0.3, 0.4) is 0 Å². The Labute approximate surface area is 118 Å². The number of carbonyl (C=O) groups is 1. The molecule has 1 aliphatic heterocycles. The third-order valence-electron chi connectivity index (χ3n) is 4.41. The van der Waals surface area contributed by atoms with Crippen molar-refractivity contribution in [1.82, 2.24) is 5.32 Å². The van der Waals surface area contributed by atoms with E-state index < -0.39 is 8.32 Å². The van der Waals surface area contributed by atoms with E-state index in [0.717, 1.165) is 5.57 Å². The first kappa shape index (κ1) is 16.2. The highest BCUT2D eigenvalue weighted by molar-refractivity contribution is 6.74. The fraction of sp³-hybridized carbons (Fsp3) is 0.667. The largest absolute Gasteiger partial charge is 0.413 e. The Hall–Kier alpha value is -0.873. The Balaban J connectivity index is 2.78. The maximum absolute atomic E-state index is 11.8. The molecule has 0 saturated carbocycles. The van der Waals surface area contributed by atoms with Crippen molar-refractivity contribution in [3.05, 3.63) is 24.8 Å². The van der Waals surface area contributed by atoms with Crippen LogP contribution in [0.25, 0.3) is 0 Å². The summed E-state index contributed by atoms with van der Waals surface area (Å²) in [6, 6.07) is -0.0234. The lowest BCUT2D eigenvalue weighted by Gasteiger charge is -2.45. The van der Waals surface area contributed by atoms with Crippen LogP contribution in [0.1, 0.15) is 27.7 Å². The Morgan fingerprint density at radius 3 is 2.37 bits per heavy atom. The summed E-state index contributed by atoms with van der Waals surface area (Å²) < 4.78 is 6.30. The molecule has 0 bridgehead atoms. The van der Waals surface area contributed by atoms with Crippen LogP contribution < -0.4 is 5.32 Å². The molecule has 0 aromatic heterocycles. The van der Waals surface area contributed by atoms with Gasteiger partial charge in [0.1, 0.15) is 0 Å². The molecule has 3 atom stereocenters. The summed E-state index contributed by atoms with van der Waals surface area (Å²) in [7, 11) is -1.85. The Morgan fingerprint density at radius 1 is 1.47 bits per heavy atom. The minimum atomic E-state index is -1.85. The Kier molecular flexibility index (Phi) is 4.47. The lowest BCUT2D eigenvalue weighted by Crippen LogP contribution is -2.64. The molecule has 4 heteroatoms. The highest BCUT2D eigenvalue weighted by Gasteiger charge is 2.47. The van der Waals surface area contributed by atoms with Gasteiger partial charge in [-0.15, -0.1) is 0 Å². The van der Waals surface area contributed by atoms with Gasteiger partial charge in [-0.2, -0.15) is 0 Å². The van der Waals surface area contributed by atoms with Gasteiger partial charge in [0.2, 0.25) is 5.91 Å².